The van der Waals surface area contributed by atoms with Gasteiger partial charge in [0.15, 0.2) is 5.13 Å². The zero-order valence-electron chi connectivity index (χ0n) is 11.8. The molecule has 112 valence electrons. The molecule has 1 atom stereocenters. The minimum atomic E-state index is 0.0916. The molecule has 4 N–H and O–H groups in total. The molecule has 0 bridgehead atoms. The third-order valence-electron chi connectivity index (χ3n) is 3.74. The molecule has 0 saturated heterocycles. The fraction of sp³-hybridized carbons (Fsp3) is 0.188. The number of nitrogens with zero attached hydrogens (tertiary/aromatic N) is 1. The summed E-state index contributed by atoms with van der Waals surface area (Å²) in [6, 6.07) is 10.5. The van der Waals surface area contributed by atoms with Crippen LogP contribution in [0.5, 0.6) is 5.75 Å². The summed E-state index contributed by atoms with van der Waals surface area (Å²) in [6.07, 6.45) is 0.981. The molecule has 0 aliphatic carbocycles. The van der Waals surface area contributed by atoms with E-state index >= 15 is 0 Å². The monoisotopic (exact) mass is 329 g/mol. The number of aromatic nitrogens is 1. The van der Waals surface area contributed by atoms with Crippen LogP contribution in [0.2, 0.25) is 0 Å². The van der Waals surface area contributed by atoms with Crippen LogP contribution in [0.1, 0.15) is 5.56 Å². The van der Waals surface area contributed by atoms with Gasteiger partial charge in [0.05, 0.1) is 10.6 Å². The molecule has 4 nitrogen and oxygen atoms in total. The number of nitrogen functional groups attached to an aromatic ring is 1. The summed E-state index contributed by atoms with van der Waals surface area (Å²) in [5.74, 6) is 0.976. The molecule has 6 heteroatoms. The van der Waals surface area contributed by atoms with E-state index in [1.165, 1.54) is 21.8 Å². The standard InChI is InChI=1S/C16H15N3OS2/c17-7-10-6-9-2-1-3-11(15(9)20-10)13-4-5-14(22-13)12-8-21-16(18)19-12/h1-5,8,10H,6-7,17H2,(H2,18,19). The van der Waals surface area contributed by atoms with Crippen molar-refractivity contribution in [3.63, 3.8) is 0 Å². The van der Waals surface area contributed by atoms with Gasteiger partial charge in [-0.1, -0.05) is 12.1 Å². The molecule has 1 aliphatic heterocycles. The van der Waals surface area contributed by atoms with Gasteiger partial charge in [0.1, 0.15) is 11.9 Å². The van der Waals surface area contributed by atoms with E-state index in [2.05, 4.69) is 35.3 Å². The van der Waals surface area contributed by atoms with Gasteiger partial charge in [0.2, 0.25) is 0 Å². The molecule has 0 spiro atoms. The second-order valence-electron chi connectivity index (χ2n) is 5.21. The molecule has 1 unspecified atom stereocenters. The fourth-order valence-corrected chi connectivity index (χ4v) is 4.31. The van der Waals surface area contributed by atoms with Gasteiger partial charge in [-0.15, -0.1) is 22.7 Å². The van der Waals surface area contributed by atoms with Gasteiger partial charge in [-0.3, -0.25) is 0 Å². The Morgan fingerprint density at radius 3 is 2.86 bits per heavy atom. The largest absolute Gasteiger partial charge is 0.488 e. The van der Waals surface area contributed by atoms with E-state index < -0.39 is 0 Å². The van der Waals surface area contributed by atoms with E-state index in [9.17, 15) is 0 Å². The Morgan fingerprint density at radius 1 is 1.23 bits per heavy atom. The lowest BCUT2D eigenvalue weighted by molar-refractivity contribution is 0.242. The van der Waals surface area contributed by atoms with Crippen molar-refractivity contribution in [3.8, 4) is 26.8 Å². The van der Waals surface area contributed by atoms with Gasteiger partial charge < -0.3 is 16.2 Å². The first-order chi connectivity index (χ1) is 10.7. The van der Waals surface area contributed by atoms with Crippen molar-refractivity contribution < 1.29 is 4.74 Å². The predicted molar refractivity (Wildman–Crippen MR) is 92.4 cm³/mol. The smallest absolute Gasteiger partial charge is 0.180 e. The number of thiophene rings is 1. The van der Waals surface area contributed by atoms with Crippen molar-refractivity contribution in [3.05, 3.63) is 41.3 Å². The number of hydrogen-bond donors (Lipinski definition) is 2. The van der Waals surface area contributed by atoms with E-state index in [-0.39, 0.29) is 6.10 Å². The van der Waals surface area contributed by atoms with Crippen molar-refractivity contribution in [1.82, 2.24) is 4.98 Å². The van der Waals surface area contributed by atoms with Crippen LogP contribution in [0.15, 0.2) is 35.7 Å². The van der Waals surface area contributed by atoms with Crippen LogP contribution in [0.3, 0.4) is 0 Å². The Kier molecular flexibility index (Phi) is 3.37. The van der Waals surface area contributed by atoms with Gasteiger partial charge in [-0.2, -0.15) is 0 Å². The second-order valence-corrected chi connectivity index (χ2v) is 7.18. The maximum atomic E-state index is 6.01. The summed E-state index contributed by atoms with van der Waals surface area (Å²) in [7, 11) is 0. The van der Waals surface area contributed by atoms with Crippen LogP contribution in [-0.2, 0) is 6.42 Å². The van der Waals surface area contributed by atoms with E-state index in [0.717, 1.165) is 28.3 Å². The molecule has 0 saturated carbocycles. The Hall–Kier alpha value is -1.89. The lowest BCUT2D eigenvalue weighted by atomic mass is 10.1. The Balaban J connectivity index is 1.72. The first-order valence-corrected chi connectivity index (χ1v) is 8.74. The topological polar surface area (TPSA) is 74.2 Å². The lowest BCUT2D eigenvalue weighted by Gasteiger charge is -2.09. The first kappa shape index (κ1) is 13.8. The maximum absolute atomic E-state index is 6.01. The quantitative estimate of drug-likeness (QED) is 0.772. The summed E-state index contributed by atoms with van der Waals surface area (Å²) in [6.45, 7) is 0.544. The molecular weight excluding hydrogens is 314 g/mol. The molecule has 0 fully saturated rings. The summed E-state index contributed by atoms with van der Waals surface area (Å²) >= 11 is 3.17. The highest BCUT2D eigenvalue weighted by atomic mass is 32.1. The van der Waals surface area contributed by atoms with Gasteiger partial charge in [-0.25, -0.2) is 4.98 Å². The zero-order valence-corrected chi connectivity index (χ0v) is 13.4. The predicted octanol–water partition coefficient (Wildman–Crippen LogP) is 3.38. The van der Waals surface area contributed by atoms with Crippen LogP contribution in [0, 0.1) is 0 Å². The number of benzene rings is 1. The third kappa shape index (κ3) is 2.29. The minimum absolute atomic E-state index is 0.0916. The molecule has 0 amide bonds. The lowest BCUT2D eigenvalue weighted by Crippen LogP contribution is -2.24. The Labute approximate surface area is 136 Å². The van der Waals surface area contributed by atoms with E-state index in [4.69, 9.17) is 16.2 Å². The van der Waals surface area contributed by atoms with E-state index in [0.29, 0.717) is 11.7 Å². The second kappa shape index (κ2) is 5.39. The SMILES string of the molecule is NCC1Cc2cccc(-c3ccc(-c4csc(N)n4)s3)c2O1. The first-order valence-electron chi connectivity index (χ1n) is 7.05. The molecule has 1 aromatic carbocycles. The van der Waals surface area contributed by atoms with Crippen LogP contribution in [-0.4, -0.2) is 17.6 Å². The summed E-state index contributed by atoms with van der Waals surface area (Å²) in [5, 5.41) is 2.58. The number of thiazole rings is 1. The molecule has 4 rings (SSSR count). The number of ether oxygens (including phenoxy) is 1. The number of fused-ring (bicyclic) bond motifs is 1. The zero-order chi connectivity index (χ0) is 15.1. The minimum Gasteiger partial charge on any atom is -0.488 e. The van der Waals surface area contributed by atoms with Crippen molar-refractivity contribution >= 4 is 27.8 Å². The Morgan fingerprint density at radius 2 is 2.09 bits per heavy atom. The van der Waals surface area contributed by atoms with Crippen molar-refractivity contribution in [2.24, 2.45) is 5.73 Å². The number of rotatable bonds is 3. The number of para-hydroxylation sites is 1. The van der Waals surface area contributed by atoms with Crippen molar-refractivity contribution in [2.45, 2.75) is 12.5 Å². The third-order valence-corrected chi connectivity index (χ3v) is 5.55. The Bertz CT molecular complexity index is 824. The van der Waals surface area contributed by atoms with Crippen LogP contribution in [0.4, 0.5) is 5.13 Å². The van der Waals surface area contributed by atoms with Gasteiger partial charge >= 0.3 is 0 Å². The fourth-order valence-electron chi connectivity index (χ4n) is 2.68. The van der Waals surface area contributed by atoms with Gasteiger partial charge in [0.25, 0.3) is 0 Å². The summed E-state index contributed by atoms with van der Waals surface area (Å²) in [4.78, 5) is 6.64. The molecule has 2 aromatic heterocycles. The van der Waals surface area contributed by atoms with Crippen LogP contribution in [0.25, 0.3) is 21.0 Å². The van der Waals surface area contributed by atoms with E-state index in [1.54, 1.807) is 11.3 Å². The molecular formula is C16H15N3OS2. The normalized spacial score (nSPS) is 16.5. The average molecular weight is 329 g/mol. The summed E-state index contributed by atoms with van der Waals surface area (Å²) in [5.41, 5.74) is 14.8. The highest BCUT2D eigenvalue weighted by molar-refractivity contribution is 7.19. The van der Waals surface area contributed by atoms with Crippen LogP contribution >= 0.6 is 22.7 Å². The van der Waals surface area contributed by atoms with Gasteiger partial charge in [-0.05, 0) is 23.8 Å². The maximum Gasteiger partial charge on any atom is 0.180 e. The number of hydrogen-bond acceptors (Lipinski definition) is 6. The van der Waals surface area contributed by atoms with E-state index in [1.807, 2.05) is 5.38 Å². The number of nitrogens with two attached hydrogens (primary N) is 2. The average Bonchev–Trinajstić information content (AvgIpc) is 3.24. The number of anilines is 1. The molecule has 3 heterocycles. The molecule has 3 aromatic rings. The summed E-state index contributed by atoms with van der Waals surface area (Å²) < 4.78 is 6.01. The molecule has 1 aliphatic rings. The van der Waals surface area contributed by atoms with Gasteiger partial charge in [0, 0.05) is 28.8 Å². The highest BCUT2D eigenvalue weighted by Crippen LogP contribution is 2.43. The van der Waals surface area contributed by atoms with Crippen molar-refractivity contribution in [2.75, 3.05) is 12.3 Å². The highest BCUT2D eigenvalue weighted by Gasteiger charge is 2.25. The molecule has 0 radical (unpaired) electrons. The molecule has 22 heavy (non-hydrogen) atoms. The van der Waals surface area contributed by atoms with Crippen molar-refractivity contribution in [1.29, 1.82) is 0 Å². The van der Waals surface area contributed by atoms with Crippen LogP contribution < -0.4 is 16.2 Å².